The number of amides is 1. The molecule has 222 valence electrons. The van der Waals surface area contributed by atoms with Gasteiger partial charge in [-0.2, -0.15) is 0 Å². The molecule has 38 heavy (non-hydrogen) atoms. The Morgan fingerprint density at radius 2 is 1.87 bits per heavy atom. The Bertz CT molecular complexity index is 835. The van der Waals surface area contributed by atoms with Crippen molar-refractivity contribution < 1.29 is 12.4 Å². The van der Waals surface area contributed by atoms with Gasteiger partial charge in [0.1, 0.15) is 6.10 Å². The smallest absolute Gasteiger partial charge is 0.407 e. The summed E-state index contributed by atoms with van der Waals surface area (Å²) < 4.78 is 5.88. The molecule has 0 spiro atoms. The van der Waals surface area contributed by atoms with Crippen LogP contribution in [0.2, 0.25) is 0 Å². The average Bonchev–Trinajstić information content (AvgIpc) is 3.24. The molecule has 4 aliphatic carbocycles. The summed E-state index contributed by atoms with van der Waals surface area (Å²) in [6.45, 7) is 16.7. The summed E-state index contributed by atoms with van der Waals surface area (Å²) in [6, 6.07) is 0. The van der Waals surface area contributed by atoms with Gasteiger partial charge in [-0.15, -0.1) is 0 Å². The van der Waals surface area contributed by atoms with E-state index in [-0.39, 0.29) is 15.1 Å². The quantitative estimate of drug-likeness (QED) is 0.206. The molecular formula is C34H64N2O2. The van der Waals surface area contributed by atoms with Crippen LogP contribution in [0.5, 0.6) is 0 Å². The average molecular weight is 533 g/mol. The van der Waals surface area contributed by atoms with E-state index >= 15 is 0 Å². The molecule has 0 bridgehead atoms. The highest BCUT2D eigenvalue weighted by Crippen LogP contribution is 2.67. The van der Waals surface area contributed by atoms with Gasteiger partial charge in [0.2, 0.25) is 0 Å². The Morgan fingerprint density at radius 3 is 2.58 bits per heavy atom. The molecule has 2 N–H and O–H groups in total. The Morgan fingerprint density at radius 1 is 1.08 bits per heavy atom. The van der Waals surface area contributed by atoms with Crippen molar-refractivity contribution in [2.75, 3.05) is 20.1 Å². The summed E-state index contributed by atoms with van der Waals surface area (Å²) in [6.07, 6.45) is 17.6. The number of hydrogen-bond donors (Lipinski definition) is 2. The van der Waals surface area contributed by atoms with E-state index in [0.29, 0.717) is 17.4 Å². The summed E-state index contributed by atoms with van der Waals surface area (Å²) in [5.74, 6) is 6.04. The van der Waals surface area contributed by atoms with Crippen LogP contribution < -0.4 is 10.6 Å². The Hall–Kier alpha value is -1.03. The maximum atomic E-state index is 12.3. The third kappa shape index (κ3) is 6.01. The van der Waals surface area contributed by atoms with Crippen LogP contribution in [0.4, 0.5) is 4.79 Å². The minimum Gasteiger partial charge on any atom is -0.446 e. The molecule has 4 rings (SSSR count). The molecule has 4 nitrogen and oxygen atoms in total. The van der Waals surface area contributed by atoms with Crippen molar-refractivity contribution >= 4 is 6.09 Å². The molecule has 0 aromatic carbocycles. The fraction of sp³-hybridized carbons (Fsp3) is 0.912. The first-order valence-electron chi connectivity index (χ1n) is 16.4. The fourth-order valence-electron chi connectivity index (χ4n) is 10.0. The van der Waals surface area contributed by atoms with E-state index in [1.807, 2.05) is 7.05 Å². The monoisotopic (exact) mass is 532 g/mol. The van der Waals surface area contributed by atoms with E-state index in [4.69, 9.17) is 4.74 Å². The highest BCUT2D eigenvalue weighted by molar-refractivity contribution is 5.67. The molecule has 4 heteroatoms. The number of fused-ring (bicyclic) bond motifs is 5. The van der Waals surface area contributed by atoms with Crippen LogP contribution in [0.15, 0.2) is 11.6 Å². The molecule has 2 unspecified atom stereocenters. The first-order valence-corrected chi connectivity index (χ1v) is 16.4. The maximum Gasteiger partial charge on any atom is 0.407 e. The molecule has 0 aliphatic heterocycles. The van der Waals surface area contributed by atoms with Gasteiger partial charge in [-0.3, -0.25) is 0 Å². The van der Waals surface area contributed by atoms with Crippen LogP contribution in [0, 0.1) is 52.3 Å². The minimum absolute atomic E-state index is 0. The van der Waals surface area contributed by atoms with E-state index in [0.717, 1.165) is 67.2 Å². The van der Waals surface area contributed by atoms with Crippen molar-refractivity contribution in [3.63, 3.8) is 0 Å². The largest absolute Gasteiger partial charge is 0.446 e. The van der Waals surface area contributed by atoms with Crippen molar-refractivity contribution in [3.05, 3.63) is 11.6 Å². The molecule has 4 aliphatic rings. The summed E-state index contributed by atoms with van der Waals surface area (Å²) in [4.78, 5) is 12.3. The van der Waals surface area contributed by atoms with Crippen LogP contribution in [0.3, 0.4) is 0 Å². The zero-order chi connectivity index (χ0) is 27.5. The molecule has 3 saturated carbocycles. The molecule has 0 heterocycles. The SMILES string of the molecule is CC[C@H](CC[C@@H](C)[C@H]1CCC2[C@@H]3CC=C4C[C@@H](OC(=O)NCCCNC)CC[C@]4(C)C3CC[C@@]21C)C(C)C.[HH].[HH]. The second kappa shape index (κ2) is 12.6. The molecule has 0 radical (unpaired) electrons. The first-order chi connectivity index (χ1) is 18.1. The lowest BCUT2D eigenvalue weighted by atomic mass is 9.47. The number of carbonyl (C=O) groups excluding carboxylic acids is 1. The van der Waals surface area contributed by atoms with Crippen molar-refractivity contribution in [2.24, 2.45) is 52.3 Å². The second-order valence-corrected chi connectivity index (χ2v) is 14.6. The summed E-state index contributed by atoms with van der Waals surface area (Å²) in [5.41, 5.74) is 2.44. The summed E-state index contributed by atoms with van der Waals surface area (Å²) in [5, 5.41) is 6.06. The van der Waals surface area contributed by atoms with Gasteiger partial charge in [0.25, 0.3) is 0 Å². The second-order valence-electron chi connectivity index (χ2n) is 14.6. The third-order valence-electron chi connectivity index (χ3n) is 12.4. The first kappa shape index (κ1) is 29.9. The lowest BCUT2D eigenvalue weighted by Crippen LogP contribution is -2.51. The van der Waals surface area contributed by atoms with Gasteiger partial charge in [0, 0.05) is 15.8 Å². The van der Waals surface area contributed by atoms with Gasteiger partial charge >= 0.3 is 6.09 Å². The van der Waals surface area contributed by atoms with E-state index in [9.17, 15) is 4.79 Å². The molecule has 0 saturated heterocycles. The van der Waals surface area contributed by atoms with Crippen molar-refractivity contribution in [2.45, 2.75) is 125 Å². The van der Waals surface area contributed by atoms with Crippen LogP contribution in [-0.4, -0.2) is 32.3 Å². The number of allylic oxidation sites excluding steroid dienone is 1. The zero-order valence-corrected chi connectivity index (χ0v) is 25.9. The lowest BCUT2D eigenvalue weighted by Gasteiger charge is -2.58. The van der Waals surface area contributed by atoms with Gasteiger partial charge in [0.05, 0.1) is 0 Å². The molecule has 9 atom stereocenters. The van der Waals surface area contributed by atoms with Gasteiger partial charge in [-0.1, -0.05) is 66.0 Å². The van der Waals surface area contributed by atoms with E-state index in [1.165, 1.54) is 57.8 Å². The van der Waals surface area contributed by atoms with E-state index in [1.54, 1.807) is 5.57 Å². The van der Waals surface area contributed by atoms with Crippen molar-refractivity contribution in [3.8, 4) is 0 Å². The number of nitrogens with one attached hydrogen (secondary N) is 2. The van der Waals surface area contributed by atoms with Crippen LogP contribution in [-0.2, 0) is 4.74 Å². The minimum atomic E-state index is -0.234. The number of alkyl carbamates (subject to hydrolysis) is 1. The Labute approximate surface area is 237 Å². The number of ether oxygens (including phenoxy) is 1. The summed E-state index contributed by atoms with van der Waals surface area (Å²) >= 11 is 0. The highest BCUT2D eigenvalue weighted by atomic mass is 16.6. The van der Waals surface area contributed by atoms with E-state index < -0.39 is 0 Å². The predicted octanol–water partition coefficient (Wildman–Crippen LogP) is 8.86. The number of hydrogen-bond acceptors (Lipinski definition) is 3. The Kier molecular flexibility index (Phi) is 9.97. The molecule has 0 aromatic heterocycles. The van der Waals surface area contributed by atoms with E-state index in [2.05, 4.69) is 58.3 Å². The zero-order valence-electron chi connectivity index (χ0n) is 25.9. The molecule has 1 amide bonds. The fourth-order valence-corrected chi connectivity index (χ4v) is 10.0. The van der Waals surface area contributed by atoms with Gasteiger partial charge < -0.3 is 15.4 Å². The van der Waals surface area contributed by atoms with Gasteiger partial charge in [0.15, 0.2) is 0 Å². The standard InChI is InChI=1S/C34H60N2O2.2H2/c1-8-25(23(2)3)11-10-24(4)29-14-15-30-28-13-12-26-22-27(38-32(37)36-21-9-20-35-7)16-18-33(26,5)31(28)17-19-34(29,30)6;;/h12,23-25,27-31,35H,8-11,13-22H2,1-7H3,(H,36,37);2*1H/t24-,25-,27+,28+,29-,30?,31?,33+,34-;;/m1../s1. The lowest BCUT2D eigenvalue weighted by molar-refractivity contribution is -0.0583. The van der Waals surface area contributed by atoms with Crippen LogP contribution >= 0.6 is 0 Å². The molecule has 0 aromatic rings. The highest BCUT2D eigenvalue weighted by Gasteiger charge is 2.59. The van der Waals surface area contributed by atoms with Gasteiger partial charge in [-0.05, 0) is 124 Å². The maximum absolute atomic E-state index is 12.3. The number of rotatable bonds is 11. The van der Waals surface area contributed by atoms with Crippen LogP contribution in [0.25, 0.3) is 0 Å². The molecular weight excluding hydrogens is 468 g/mol. The number of carbonyl (C=O) groups is 1. The predicted molar refractivity (Wildman–Crippen MR) is 163 cm³/mol. The molecule has 3 fully saturated rings. The summed E-state index contributed by atoms with van der Waals surface area (Å²) in [7, 11) is 1.94. The normalized spacial score (nSPS) is 38.0. The van der Waals surface area contributed by atoms with Crippen LogP contribution in [0.1, 0.15) is 121 Å². The van der Waals surface area contributed by atoms with Crippen molar-refractivity contribution in [1.29, 1.82) is 0 Å². The topological polar surface area (TPSA) is 50.4 Å². The Balaban J connectivity index is 0.00000280. The van der Waals surface area contributed by atoms with Crippen molar-refractivity contribution in [1.82, 2.24) is 10.6 Å². The van der Waals surface area contributed by atoms with Gasteiger partial charge in [-0.25, -0.2) is 4.79 Å². The third-order valence-corrected chi connectivity index (χ3v) is 12.4.